The molecule has 17 heteroatoms. The van der Waals surface area contributed by atoms with Crippen molar-refractivity contribution in [2.75, 3.05) is 32.8 Å². The van der Waals surface area contributed by atoms with Crippen molar-refractivity contribution in [2.45, 2.75) is 102 Å². The highest BCUT2D eigenvalue weighted by Crippen LogP contribution is 2.28. The molecule has 6 amide bonds. The summed E-state index contributed by atoms with van der Waals surface area (Å²) in [6.45, 7) is 6.95. The molecule has 2 aromatic carbocycles. The average Bonchev–Trinajstić information content (AvgIpc) is 3.83. The van der Waals surface area contributed by atoms with E-state index in [0.717, 1.165) is 17.7 Å². The summed E-state index contributed by atoms with van der Waals surface area (Å²) in [5, 5.41) is 7.97. The van der Waals surface area contributed by atoms with Gasteiger partial charge in [0.05, 0.1) is 19.6 Å². The van der Waals surface area contributed by atoms with Crippen LogP contribution >= 0.6 is 0 Å². The van der Waals surface area contributed by atoms with Crippen molar-refractivity contribution in [1.82, 2.24) is 30.7 Å². The summed E-state index contributed by atoms with van der Waals surface area (Å²) < 4.78 is 40.1. The first-order chi connectivity index (χ1) is 27.6. The van der Waals surface area contributed by atoms with Crippen LogP contribution in [0.2, 0.25) is 0 Å². The van der Waals surface area contributed by atoms with E-state index in [2.05, 4.69) is 16.0 Å². The highest BCUT2D eigenvalue weighted by atomic mass is 19.1. The van der Waals surface area contributed by atoms with Crippen molar-refractivity contribution in [3.8, 4) is 0 Å². The van der Waals surface area contributed by atoms with Crippen LogP contribution in [0.4, 0.5) is 8.78 Å². The van der Waals surface area contributed by atoms with Crippen LogP contribution in [0, 0.1) is 24.5 Å². The molecule has 312 valence electrons. The molecule has 58 heavy (non-hydrogen) atoms. The third kappa shape index (κ3) is 9.63. The van der Waals surface area contributed by atoms with Crippen molar-refractivity contribution in [3.05, 3.63) is 70.8 Å². The number of benzene rings is 2. The topological polar surface area (TPSA) is 184 Å². The second-order valence-electron chi connectivity index (χ2n) is 15.8. The summed E-state index contributed by atoms with van der Waals surface area (Å²) in [4.78, 5) is 102. The molecule has 4 aliphatic rings. The minimum Gasteiger partial charge on any atom is -0.458 e. The molecule has 4 heterocycles. The lowest BCUT2D eigenvalue weighted by Crippen LogP contribution is -2.64. The number of fused-ring (bicyclic) bond motifs is 3. The molecule has 4 saturated heterocycles. The van der Waals surface area contributed by atoms with Crippen molar-refractivity contribution in [2.24, 2.45) is 5.92 Å². The Hall–Kier alpha value is -5.45. The molecule has 3 N–H and O–H groups in total. The van der Waals surface area contributed by atoms with Crippen LogP contribution in [0.1, 0.15) is 56.7 Å². The summed E-state index contributed by atoms with van der Waals surface area (Å²) in [6.07, 6.45) is -1.02. The standard InChI is InChI=1S/C41H50F2N6O9/c1-22-7-9-26(10-8-22)18-34(50)45-30(17-27-15-28(42)19-29(43)16-27)36(51)46-35-25(4)58-41(56)32-14-23(2)20-49(32)38(53)24(3)44-37(52)33-21-57-13-12-48(33)39(54)31-6-5-11-47(31)40(35)55/h7-10,15-16,19,23-25,30-33,35H,5-6,11-14,17-18,20-21H2,1-4H3,(H,44,52)(H,45,50)(H,46,51)/t23-,24+,25+,30+,31+,32+,33+,35+/m1/s1. The predicted octanol–water partition coefficient (Wildman–Crippen LogP) is 0.933. The highest BCUT2D eigenvalue weighted by molar-refractivity contribution is 5.98. The average molecular weight is 809 g/mol. The molecule has 6 rings (SSSR count). The number of rotatable bonds is 7. The van der Waals surface area contributed by atoms with Gasteiger partial charge in [0.25, 0.3) is 0 Å². The maximum atomic E-state index is 14.7. The van der Waals surface area contributed by atoms with Gasteiger partial charge in [-0.1, -0.05) is 36.8 Å². The van der Waals surface area contributed by atoms with E-state index in [0.29, 0.717) is 18.1 Å². The van der Waals surface area contributed by atoms with E-state index < -0.39 is 95.4 Å². The number of esters is 1. The Morgan fingerprint density at radius 3 is 2.26 bits per heavy atom. The number of ether oxygens (including phenoxy) is 2. The third-order valence-corrected chi connectivity index (χ3v) is 11.2. The van der Waals surface area contributed by atoms with Gasteiger partial charge in [0.1, 0.15) is 54.0 Å². The minimum atomic E-state index is -1.62. The molecule has 8 atom stereocenters. The molecular weight excluding hydrogens is 758 g/mol. The first-order valence-corrected chi connectivity index (χ1v) is 19.7. The minimum absolute atomic E-state index is 0.0423. The van der Waals surface area contributed by atoms with Crippen molar-refractivity contribution in [1.29, 1.82) is 0 Å². The Balaban J connectivity index is 1.34. The molecular formula is C41H50F2N6O9. The maximum absolute atomic E-state index is 14.7. The van der Waals surface area contributed by atoms with Gasteiger partial charge in [-0.2, -0.15) is 0 Å². The van der Waals surface area contributed by atoms with E-state index in [-0.39, 0.29) is 70.0 Å². The largest absolute Gasteiger partial charge is 0.458 e. The first-order valence-electron chi connectivity index (χ1n) is 19.7. The molecule has 0 aliphatic carbocycles. The number of halogens is 2. The molecule has 15 nitrogen and oxygen atoms in total. The molecule has 0 bridgehead atoms. The molecule has 0 aromatic heterocycles. The molecule has 4 aliphatic heterocycles. The normalized spacial score (nSPS) is 27.6. The summed E-state index contributed by atoms with van der Waals surface area (Å²) in [6, 6.07) is 2.45. The Morgan fingerprint density at radius 1 is 0.862 bits per heavy atom. The SMILES string of the molecule is Cc1ccc(CC(=O)N[C@@H](Cc2cc(F)cc(F)c2)C(=O)N[C@@H]2C(=O)N3CCC[C@H]3C(=O)N3CCOC[C@H]3C(=O)N[C@@H](C)C(=O)N3C[C@H](C)C[C@H]3C(=O)O[C@H]2C)cc1. The van der Waals surface area contributed by atoms with Crippen molar-refractivity contribution >= 4 is 41.4 Å². The number of nitrogens with one attached hydrogen (secondary N) is 3. The number of amides is 6. The lowest BCUT2D eigenvalue weighted by atomic mass is 10.0. The van der Waals surface area contributed by atoms with Gasteiger partial charge in [0.2, 0.25) is 35.4 Å². The Morgan fingerprint density at radius 2 is 1.55 bits per heavy atom. The number of hydrogen-bond acceptors (Lipinski definition) is 9. The third-order valence-electron chi connectivity index (χ3n) is 11.2. The Bertz CT molecular complexity index is 1910. The summed E-state index contributed by atoms with van der Waals surface area (Å²) in [5.41, 5.74) is 1.65. The maximum Gasteiger partial charge on any atom is 0.329 e. The number of carbonyl (C=O) groups excluding carboxylic acids is 7. The van der Waals surface area contributed by atoms with Gasteiger partial charge in [0, 0.05) is 32.1 Å². The highest BCUT2D eigenvalue weighted by Gasteiger charge is 2.47. The Kier molecular flexibility index (Phi) is 13.1. The van der Waals surface area contributed by atoms with Crippen LogP contribution in [-0.4, -0.2) is 131 Å². The van der Waals surface area contributed by atoms with Crippen LogP contribution in [-0.2, 0) is 55.9 Å². The summed E-state index contributed by atoms with van der Waals surface area (Å²) in [5.74, 6) is -6.76. The van der Waals surface area contributed by atoms with Gasteiger partial charge < -0.3 is 40.1 Å². The number of morpholine rings is 1. The van der Waals surface area contributed by atoms with Gasteiger partial charge in [-0.3, -0.25) is 28.8 Å². The predicted molar refractivity (Wildman–Crippen MR) is 202 cm³/mol. The molecule has 0 saturated carbocycles. The fourth-order valence-electron chi connectivity index (χ4n) is 8.15. The molecule has 2 aromatic rings. The van der Waals surface area contributed by atoms with E-state index in [4.69, 9.17) is 9.47 Å². The van der Waals surface area contributed by atoms with Crippen LogP contribution < -0.4 is 16.0 Å². The quantitative estimate of drug-likeness (QED) is 0.343. The zero-order valence-corrected chi connectivity index (χ0v) is 33.0. The zero-order valence-electron chi connectivity index (χ0n) is 33.0. The van der Waals surface area contributed by atoms with E-state index in [1.54, 1.807) is 12.1 Å². The number of aryl methyl sites for hydroxylation is 1. The van der Waals surface area contributed by atoms with E-state index in [1.165, 1.54) is 28.5 Å². The lowest BCUT2D eigenvalue weighted by Gasteiger charge is -2.39. The van der Waals surface area contributed by atoms with Crippen molar-refractivity contribution in [3.63, 3.8) is 0 Å². The summed E-state index contributed by atoms with van der Waals surface area (Å²) in [7, 11) is 0. The van der Waals surface area contributed by atoms with Crippen LogP contribution in [0.25, 0.3) is 0 Å². The molecule has 0 unspecified atom stereocenters. The second kappa shape index (κ2) is 18.0. The molecule has 0 spiro atoms. The fourth-order valence-corrected chi connectivity index (χ4v) is 8.15. The Labute approximate surface area is 335 Å². The number of carbonyl (C=O) groups is 7. The number of nitrogens with zero attached hydrogens (tertiary/aromatic N) is 3. The molecule has 4 fully saturated rings. The van der Waals surface area contributed by atoms with Gasteiger partial charge >= 0.3 is 5.97 Å². The van der Waals surface area contributed by atoms with E-state index in [9.17, 15) is 42.3 Å². The second-order valence-corrected chi connectivity index (χ2v) is 15.8. The first kappa shape index (κ1) is 42.2. The van der Waals surface area contributed by atoms with Gasteiger partial charge in [-0.05, 0) is 69.2 Å². The van der Waals surface area contributed by atoms with Gasteiger partial charge in [0.15, 0.2) is 0 Å². The van der Waals surface area contributed by atoms with Crippen LogP contribution in [0.15, 0.2) is 42.5 Å². The van der Waals surface area contributed by atoms with Crippen LogP contribution in [0.5, 0.6) is 0 Å². The zero-order chi connectivity index (χ0) is 41.8. The number of hydrogen-bond donors (Lipinski definition) is 3. The monoisotopic (exact) mass is 808 g/mol. The lowest BCUT2D eigenvalue weighted by molar-refractivity contribution is -0.164. The van der Waals surface area contributed by atoms with Gasteiger partial charge in [-0.15, -0.1) is 0 Å². The van der Waals surface area contributed by atoms with Crippen molar-refractivity contribution < 1.29 is 51.8 Å². The number of cyclic esters (lactones) is 1. The van der Waals surface area contributed by atoms with E-state index >= 15 is 0 Å². The smallest absolute Gasteiger partial charge is 0.329 e. The molecule has 0 radical (unpaired) electrons. The van der Waals surface area contributed by atoms with E-state index in [1.807, 2.05) is 26.0 Å². The van der Waals surface area contributed by atoms with Gasteiger partial charge in [-0.25, -0.2) is 13.6 Å². The summed E-state index contributed by atoms with van der Waals surface area (Å²) >= 11 is 0. The fraction of sp³-hybridized carbons (Fsp3) is 0.537. The van der Waals surface area contributed by atoms with Crippen LogP contribution in [0.3, 0.4) is 0 Å².